The highest BCUT2D eigenvalue weighted by molar-refractivity contribution is 6.31. The Labute approximate surface area is 167 Å². The van der Waals surface area contributed by atoms with Crippen molar-refractivity contribution in [2.75, 3.05) is 17.7 Å². The predicted octanol–water partition coefficient (Wildman–Crippen LogP) is 4.94. The van der Waals surface area contributed by atoms with Crippen LogP contribution in [-0.2, 0) is 0 Å². The van der Waals surface area contributed by atoms with E-state index in [1.54, 1.807) is 54.7 Å². The number of ketones is 1. The summed E-state index contributed by atoms with van der Waals surface area (Å²) in [5.74, 6) is 0.109. The summed E-state index contributed by atoms with van der Waals surface area (Å²) in [6.45, 7) is 1.52. The molecule has 0 bridgehead atoms. The largest absolute Gasteiger partial charge is 0.495 e. The molecule has 7 heteroatoms. The predicted molar refractivity (Wildman–Crippen MR) is 110 cm³/mol. The molecule has 0 saturated heterocycles. The quantitative estimate of drug-likeness (QED) is 0.577. The molecule has 0 unspecified atom stereocenters. The first-order chi connectivity index (χ1) is 13.5. The first kappa shape index (κ1) is 19.4. The summed E-state index contributed by atoms with van der Waals surface area (Å²) in [4.78, 5) is 28.1. The number of amides is 1. The lowest BCUT2D eigenvalue weighted by Crippen LogP contribution is -2.14. The number of pyridine rings is 1. The van der Waals surface area contributed by atoms with Crippen LogP contribution in [0.3, 0.4) is 0 Å². The molecule has 1 heterocycles. The van der Waals surface area contributed by atoms with Crippen molar-refractivity contribution in [3.8, 4) is 5.75 Å². The van der Waals surface area contributed by atoms with E-state index < -0.39 is 0 Å². The number of nitrogens with one attached hydrogen (secondary N) is 2. The average Bonchev–Trinajstić information content (AvgIpc) is 2.69. The lowest BCUT2D eigenvalue weighted by Gasteiger charge is -2.11. The van der Waals surface area contributed by atoms with Crippen LogP contribution >= 0.6 is 11.6 Å². The molecule has 28 heavy (non-hydrogen) atoms. The highest BCUT2D eigenvalue weighted by atomic mass is 35.5. The van der Waals surface area contributed by atoms with Crippen LogP contribution in [0.4, 0.5) is 17.1 Å². The number of halogens is 1. The molecule has 6 nitrogen and oxygen atoms in total. The number of hydrogen-bond donors (Lipinski definition) is 2. The van der Waals surface area contributed by atoms with E-state index in [1.165, 1.54) is 14.0 Å². The lowest BCUT2D eigenvalue weighted by molar-refractivity contribution is 0.101. The second-order valence-corrected chi connectivity index (χ2v) is 6.43. The third kappa shape index (κ3) is 4.66. The number of hydrogen-bond acceptors (Lipinski definition) is 5. The van der Waals surface area contributed by atoms with Crippen LogP contribution in [-0.4, -0.2) is 23.8 Å². The van der Waals surface area contributed by atoms with Crippen molar-refractivity contribution < 1.29 is 14.3 Å². The summed E-state index contributed by atoms with van der Waals surface area (Å²) in [6, 6.07) is 15.4. The maximum atomic E-state index is 12.5. The molecule has 2 N–H and O–H groups in total. The van der Waals surface area contributed by atoms with Crippen LogP contribution in [0, 0.1) is 0 Å². The van der Waals surface area contributed by atoms with E-state index in [2.05, 4.69) is 15.6 Å². The Balaban J connectivity index is 1.72. The number of anilines is 3. The molecular formula is C21H18ClN3O3. The van der Waals surface area contributed by atoms with Crippen LogP contribution in [0.15, 0.2) is 60.8 Å². The molecule has 3 rings (SSSR count). The van der Waals surface area contributed by atoms with Gasteiger partial charge in [-0.3, -0.25) is 9.59 Å². The number of nitrogens with zero attached hydrogens (tertiary/aromatic N) is 1. The Morgan fingerprint density at radius 3 is 2.54 bits per heavy atom. The molecule has 0 radical (unpaired) electrons. The number of Topliss-reactive ketones (excluding diaryl/α,β-unsaturated/α-hetero) is 1. The summed E-state index contributed by atoms with van der Waals surface area (Å²) in [6.07, 6.45) is 1.55. The first-order valence-electron chi connectivity index (χ1n) is 8.45. The van der Waals surface area contributed by atoms with Crippen molar-refractivity contribution in [3.05, 3.63) is 77.1 Å². The standard InChI is InChI=1S/C21H18ClN3O3/c1-13(26)14-4-3-5-16(10-14)24-17-7-8-18(23-12-17)21(27)25-19-11-15(22)6-9-20(19)28-2/h3-12,24H,1-2H3,(H,25,27). The molecule has 1 aromatic heterocycles. The molecule has 3 aromatic rings. The van der Waals surface area contributed by atoms with Gasteiger partial charge in [-0.2, -0.15) is 0 Å². The third-order valence-corrected chi connectivity index (χ3v) is 4.20. The van der Waals surface area contributed by atoms with Crippen LogP contribution in [0.1, 0.15) is 27.8 Å². The van der Waals surface area contributed by atoms with Gasteiger partial charge in [0.1, 0.15) is 11.4 Å². The Morgan fingerprint density at radius 2 is 1.86 bits per heavy atom. The Morgan fingerprint density at radius 1 is 1.04 bits per heavy atom. The molecule has 0 aliphatic rings. The molecule has 2 aromatic carbocycles. The number of rotatable bonds is 6. The average molecular weight is 396 g/mol. The lowest BCUT2D eigenvalue weighted by atomic mass is 10.1. The summed E-state index contributed by atoms with van der Waals surface area (Å²) in [7, 11) is 1.51. The Kier molecular flexibility index (Phi) is 5.91. The Hall–Kier alpha value is -3.38. The van der Waals surface area contributed by atoms with Gasteiger partial charge in [0, 0.05) is 16.3 Å². The van der Waals surface area contributed by atoms with E-state index >= 15 is 0 Å². The highest BCUT2D eigenvalue weighted by Crippen LogP contribution is 2.28. The highest BCUT2D eigenvalue weighted by Gasteiger charge is 2.12. The maximum Gasteiger partial charge on any atom is 0.274 e. The van der Waals surface area contributed by atoms with Gasteiger partial charge in [-0.05, 0) is 49.4 Å². The summed E-state index contributed by atoms with van der Waals surface area (Å²) >= 11 is 5.98. The van der Waals surface area contributed by atoms with Gasteiger partial charge < -0.3 is 15.4 Å². The van der Waals surface area contributed by atoms with Crippen molar-refractivity contribution in [3.63, 3.8) is 0 Å². The van der Waals surface area contributed by atoms with Crippen molar-refractivity contribution >= 4 is 40.4 Å². The molecular weight excluding hydrogens is 378 g/mol. The van der Waals surface area contributed by atoms with Crippen LogP contribution in [0.25, 0.3) is 0 Å². The van der Waals surface area contributed by atoms with Crippen molar-refractivity contribution in [2.45, 2.75) is 6.92 Å². The van der Waals surface area contributed by atoms with Crippen LogP contribution < -0.4 is 15.4 Å². The number of benzene rings is 2. The second kappa shape index (κ2) is 8.54. The molecule has 1 amide bonds. The normalized spacial score (nSPS) is 10.2. The summed E-state index contributed by atoms with van der Waals surface area (Å²) in [5, 5.41) is 6.38. The Bertz CT molecular complexity index is 1020. The van der Waals surface area contributed by atoms with Gasteiger partial charge in [-0.15, -0.1) is 0 Å². The van der Waals surface area contributed by atoms with E-state index in [9.17, 15) is 9.59 Å². The van der Waals surface area contributed by atoms with E-state index in [0.717, 1.165) is 5.69 Å². The minimum Gasteiger partial charge on any atom is -0.495 e. The zero-order valence-electron chi connectivity index (χ0n) is 15.3. The maximum absolute atomic E-state index is 12.5. The number of methoxy groups -OCH3 is 1. The van der Waals surface area contributed by atoms with Gasteiger partial charge in [0.15, 0.2) is 5.78 Å². The number of ether oxygens (including phenoxy) is 1. The molecule has 0 aliphatic heterocycles. The van der Waals surface area contributed by atoms with Gasteiger partial charge in [-0.25, -0.2) is 4.98 Å². The minimum absolute atomic E-state index is 0.00904. The first-order valence-corrected chi connectivity index (χ1v) is 8.83. The van der Waals surface area contributed by atoms with Gasteiger partial charge in [0.25, 0.3) is 5.91 Å². The van der Waals surface area contributed by atoms with Crippen molar-refractivity contribution in [1.29, 1.82) is 0 Å². The summed E-state index contributed by atoms with van der Waals surface area (Å²) in [5.41, 5.74) is 2.77. The minimum atomic E-state index is -0.384. The van der Waals surface area contributed by atoms with Crippen LogP contribution in [0.5, 0.6) is 5.75 Å². The number of carbonyl (C=O) groups is 2. The SMILES string of the molecule is COc1ccc(Cl)cc1NC(=O)c1ccc(Nc2cccc(C(C)=O)c2)cn1. The third-order valence-electron chi connectivity index (χ3n) is 3.96. The van der Waals surface area contributed by atoms with E-state index in [-0.39, 0.29) is 17.4 Å². The monoisotopic (exact) mass is 395 g/mol. The fourth-order valence-corrected chi connectivity index (χ4v) is 2.72. The topological polar surface area (TPSA) is 80.3 Å². The molecule has 0 aliphatic carbocycles. The zero-order chi connectivity index (χ0) is 20.1. The van der Waals surface area contributed by atoms with Crippen molar-refractivity contribution in [2.24, 2.45) is 0 Å². The molecule has 0 saturated carbocycles. The molecule has 0 spiro atoms. The van der Waals surface area contributed by atoms with Gasteiger partial charge in [-0.1, -0.05) is 23.7 Å². The fourth-order valence-electron chi connectivity index (χ4n) is 2.55. The van der Waals surface area contributed by atoms with Gasteiger partial charge in [0.05, 0.1) is 24.7 Å². The molecule has 142 valence electrons. The van der Waals surface area contributed by atoms with Gasteiger partial charge in [0.2, 0.25) is 0 Å². The second-order valence-electron chi connectivity index (χ2n) is 5.99. The zero-order valence-corrected chi connectivity index (χ0v) is 16.1. The van der Waals surface area contributed by atoms with Crippen LogP contribution in [0.2, 0.25) is 5.02 Å². The fraction of sp³-hybridized carbons (Fsp3) is 0.0952. The van der Waals surface area contributed by atoms with E-state index in [4.69, 9.17) is 16.3 Å². The number of aromatic nitrogens is 1. The number of carbonyl (C=O) groups excluding carboxylic acids is 2. The van der Waals surface area contributed by atoms with E-state index in [1.807, 2.05) is 6.07 Å². The smallest absolute Gasteiger partial charge is 0.274 e. The van der Waals surface area contributed by atoms with Crippen molar-refractivity contribution in [1.82, 2.24) is 4.98 Å². The molecule has 0 atom stereocenters. The molecule has 0 fully saturated rings. The van der Waals surface area contributed by atoms with E-state index in [0.29, 0.717) is 27.7 Å². The summed E-state index contributed by atoms with van der Waals surface area (Å²) < 4.78 is 5.22. The van der Waals surface area contributed by atoms with Gasteiger partial charge >= 0.3 is 0 Å².